The smallest absolute Gasteiger partial charge is 0.408 e. The Hall–Kier alpha value is -2.54. The lowest BCUT2D eigenvalue weighted by Crippen LogP contribution is -2.45. The van der Waals surface area contributed by atoms with E-state index in [0.29, 0.717) is 29.7 Å². The molecule has 0 radical (unpaired) electrons. The predicted molar refractivity (Wildman–Crippen MR) is 120 cm³/mol. The van der Waals surface area contributed by atoms with Crippen LogP contribution in [-0.2, 0) is 9.53 Å². The molecule has 1 aromatic carbocycles. The maximum atomic E-state index is 12.9. The molecule has 1 amide bonds. The van der Waals surface area contributed by atoms with E-state index in [1.807, 2.05) is 13.8 Å². The van der Waals surface area contributed by atoms with Crippen molar-refractivity contribution in [3.8, 4) is 5.75 Å². The lowest BCUT2D eigenvalue weighted by molar-refractivity contribution is -0.137. The summed E-state index contributed by atoms with van der Waals surface area (Å²) in [6.45, 7) is 12.7. The molecule has 1 N–H and O–H groups in total. The fraction of sp³-hybridized carbons (Fsp3) is 0.522. The van der Waals surface area contributed by atoms with Crippen LogP contribution < -0.4 is 15.7 Å². The molecular formula is C23H30ClNO6. The van der Waals surface area contributed by atoms with E-state index in [9.17, 15) is 14.4 Å². The van der Waals surface area contributed by atoms with Crippen LogP contribution in [0.15, 0.2) is 21.3 Å². The quantitative estimate of drug-likeness (QED) is 0.364. The molecule has 0 fully saturated rings. The first-order chi connectivity index (χ1) is 14.3. The number of amides is 1. The number of fused-ring (bicyclic) bond motifs is 1. The van der Waals surface area contributed by atoms with Gasteiger partial charge < -0.3 is 19.2 Å². The summed E-state index contributed by atoms with van der Waals surface area (Å²) in [7, 11) is 0. The number of esters is 1. The molecule has 0 saturated heterocycles. The largest absolute Gasteiger partial charge is 0.444 e. The number of alkyl carbamates (subject to hydrolysis) is 1. The number of hydrogen-bond acceptors (Lipinski definition) is 6. The van der Waals surface area contributed by atoms with Crippen LogP contribution >= 0.6 is 11.6 Å². The number of hydrogen-bond donors (Lipinski definition) is 1. The molecule has 0 spiro atoms. The van der Waals surface area contributed by atoms with E-state index in [1.165, 1.54) is 6.07 Å². The maximum Gasteiger partial charge on any atom is 0.408 e. The number of rotatable bonds is 6. The van der Waals surface area contributed by atoms with Gasteiger partial charge >= 0.3 is 17.7 Å². The normalized spacial score (nSPS) is 12.7. The Kier molecular flexibility index (Phi) is 7.76. The lowest BCUT2D eigenvalue weighted by atomic mass is 10.0. The van der Waals surface area contributed by atoms with Gasteiger partial charge in [-0.1, -0.05) is 25.4 Å². The van der Waals surface area contributed by atoms with Gasteiger partial charge in [0.15, 0.2) is 5.75 Å². The van der Waals surface area contributed by atoms with E-state index >= 15 is 0 Å². The molecule has 31 heavy (non-hydrogen) atoms. The molecule has 0 bridgehead atoms. The average molecular weight is 452 g/mol. The third-order valence-corrected chi connectivity index (χ3v) is 5.02. The molecule has 1 atom stereocenters. The van der Waals surface area contributed by atoms with Crippen molar-refractivity contribution in [3.05, 3.63) is 38.7 Å². The average Bonchev–Trinajstić information content (AvgIpc) is 2.63. The number of ether oxygens (including phenoxy) is 2. The van der Waals surface area contributed by atoms with Gasteiger partial charge in [-0.3, -0.25) is 0 Å². The molecule has 1 heterocycles. The molecule has 170 valence electrons. The molecule has 0 saturated carbocycles. The van der Waals surface area contributed by atoms with Crippen molar-refractivity contribution in [1.82, 2.24) is 5.32 Å². The van der Waals surface area contributed by atoms with Crippen LogP contribution in [0, 0.1) is 19.8 Å². The summed E-state index contributed by atoms with van der Waals surface area (Å²) < 4.78 is 16.1. The summed E-state index contributed by atoms with van der Waals surface area (Å²) in [5.74, 6) is -0.314. The minimum Gasteiger partial charge on any atom is -0.444 e. The SMILES string of the molecule is Cc1c(C)c2cc(Cl)c(OC(=O)C(CCC(C)C)NC(=O)OC(C)(C)C)cc2oc1=O. The van der Waals surface area contributed by atoms with Crippen LogP contribution in [-0.4, -0.2) is 23.7 Å². The van der Waals surface area contributed by atoms with Crippen molar-refractivity contribution in [1.29, 1.82) is 0 Å². The van der Waals surface area contributed by atoms with Crippen LogP contribution in [0.5, 0.6) is 5.75 Å². The van der Waals surface area contributed by atoms with Gasteiger partial charge in [0.2, 0.25) is 0 Å². The predicted octanol–water partition coefficient (Wildman–Crippen LogP) is 5.30. The van der Waals surface area contributed by atoms with Gasteiger partial charge in [-0.15, -0.1) is 0 Å². The van der Waals surface area contributed by atoms with Gasteiger partial charge in [0.25, 0.3) is 0 Å². The van der Waals surface area contributed by atoms with Gasteiger partial charge in [0.1, 0.15) is 17.2 Å². The van der Waals surface area contributed by atoms with E-state index in [1.54, 1.807) is 40.7 Å². The fourth-order valence-electron chi connectivity index (χ4n) is 2.90. The van der Waals surface area contributed by atoms with Gasteiger partial charge in [-0.25, -0.2) is 14.4 Å². The molecular weight excluding hydrogens is 422 g/mol. The van der Waals surface area contributed by atoms with Crippen LogP contribution in [0.3, 0.4) is 0 Å². The van der Waals surface area contributed by atoms with Crippen molar-refractivity contribution in [3.63, 3.8) is 0 Å². The fourth-order valence-corrected chi connectivity index (χ4v) is 3.10. The Bertz CT molecular complexity index is 1040. The van der Waals surface area contributed by atoms with Crippen LogP contribution in [0.2, 0.25) is 5.02 Å². The van der Waals surface area contributed by atoms with Crippen molar-refractivity contribution in [2.24, 2.45) is 5.92 Å². The van der Waals surface area contributed by atoms with Gasteiger partial charge in [-0.05, 0) is 65.0 Å². The van der Waals surface area contributed by atoms with E-state index in [0.717, 1.165) is 5.56 Å². The molecule has 2 rings (SSSR count). The second-order valence-electron chi connectivity index (χ2n) is 9.01. The molecule has 0 aliphatic rings. The highest BCUT2D eigenvalue weighted by Gasteiger charge is 2.27. The Labute approximate surface area is 187 Å². The number of carbonyl (C=O) groups excluding carboxylic acids is 2. The van der Waals surface area contributed by atoms with Crippen molar-refractivity contribution in [2.45, 2.75) is 73.0 Å². The summed E-state index contributed by atoms with van der Waals surface area (Å²) in [6, 6.07) is 2.08. The monoisotopic (exact) mass is 451 g/mol. The van der Waals surface area contributed by atoms with Crippen LogP contribution in [0.25, 0.3) is 11.0 Å². The topological polar surface area (TPSA) is 94.8 Å². The summed E-state index contributed by atoms with van der Waals surface area (Å²) in [4.78, 5) is 37.1. The molecule has 2 aromatic rings. The second-order valence-corrected chi connectivity index (χ2v) is 9.42. The first-order valence-corrected chi connectivity index (χ1v) is 10.6. The van der Waals surface area contributed by atoms with E-state index in [4.69, 9.17) is 25.5 Å². The Morgan fingerprint density at radius 1 is 1.13 bits per heavy atom. The third-order valence-electron chi connectivity index (χ3n) is 4.73. The van der Waals surface area contributed by atoms with Crippen molar-refractivity contribution >= 4 is 34.6 Å². The Balaban J connectivity index is 2.29. The highest BCUT2D eigenvalue weighted by molar-refractivity contribution is 6.33. The molecule has 1 unspecified atom stereocenters. The zero-order valence-corrected chi connectivity index (χ0v) is 19.8. The standard InChI is InChI=1S/C23H30ClNO6/c1-12(2)8-9-17(25-22(28)31-23(5,6)7)21(27)30-19-11-18-15(10-16(19)24)13(3)14(4)20(26)29-18/h10-12,17H,8-9H2,1-7H3,(H,25,28). The number of benzene rings is 1. The highest BCUT2D eigenvalue weighted by atomic mass is 35.5. The number of aryl methyl sites for hydroxylation is 1. The molecule has 0 aliphatic heterocycles. The summed E-state index contributed by atoms with van der Waals surface area (Å²) in [5, 5.41) is 3.43. The van der Waals surface area contributed by atoms with E-state index < -0.39 is 29.3 Å². The molecule has 8 heteroatoms. The first-order valence-electron chi connectivity index (χ1n) is 10.2. The Morgan fingerprint density at radius 3 is 2.35 bits per heavy atom. The van der Waals surface area contributed by atoms with Crippen molar-refractivity contribution < 1.29 is 23.5 Å². The van der Waals surface area contributed by atoms with E-state index in [-0.39, 0.29) is 16.4 Å². The second kappa shape index (κ2) is 9.73. The van der Waals surface area contributed by atoms with Gasteiger partial charge in [0, 0.05) is 17.0 Å². The van der Waals surface area contributed by atoms with Crippen molar-refractivity contribution in [2.75, 3.05) is 0 Å². The Morgan fingerprint density at radius 2 is 1.77 bits per heavy atom. The number of nitrogens with one attached hydrogen (secondary N) is 1. The minimum atomic E-state index is -0.921. The minimum absolute atomic E-state index is 0.0473. The van der Waals surface area contributed by atoms with Crippen LogP contribution in [0.1, 0.15) is 58.6 Å². The zero-order chi connectivity index (χ0) is 23.5. The highest BCUT2D eigenvalue weighted by Crippen LogP contribution is 2.32. The molecule has 0 aliphatic carbocycles. The maximum absolute atomic E-state index is 12.9. The number of halogens is 1. The summed E-state index contributed by atoms with van der Waals surface area (Å²) in [5.41, 5.74) is 0.326. The van der Waals surface area contributed by atoms with Gasteiger partial charge in [0.05, 0.1) is 5.02 Å². The summed E-state index contributed by atoms with van der Waals surface area (Å²) >= 11 is 6.33. The molecule has 7 nitrogen and oxygen atoms in total. The van der Waals surface area contributed by atoms with Crippen LogP contribution in [0.4, 0.5) is 4.79 Å². The lowest BCUT2D eigenvalue weighted by Gasteiger charge is -2.23. The summed E-state index contributed by atoms with van der Waals surface area (Å²) in [6.07, 6.45) is 0.350. The third kappa shape index (κ3) is 6.72. The number of carbonyl (C=O) groups is 2. The molecule has 1 aromatic heterocycles. The zero-order valence-electron chi connectivity index (χ0n) is 19.1. The van der Waals surface area contributed by atoms with Gasteiger partial charge in [-0.2, -0.15) is 0 Å². The van der Waals surface area contributed by atoms with E-state index in [2.05, 4.69) is 5.32 Å². The first kappa shape index (κ1) is 24.7.